The molecule has 7 heavy (non-hydrogen) atoms. The van der Waals surface area contributed by atoms with E-state index in [1.165, 1.54) is 0 Å². The summed E-state index contributed by atoms with van der Waals surface area (Å²) in [4.78, 5) is 0. The zero-order valence-electron chi connectivity index (χ0n) is 5.69. The van der Waals surface area contributed by atoms with Gasteiger partial charge in [-0.05, 0) is 13.8 Å². The first-order valence-corrected chi connectivity index (χ1v) is 2.51. The highest BCUT2D eigenvalue weighted by Crippen LogP contribution is 1.77. The zero-order valence-corrected chi connectivity index (χ0v) is 5.69. The van der Waals surface area contributed by atoms with Crippen LogP contribution in [0.4, 0.5) is 0 Å². The Morgan fingerprint density at radius 1 is 1.29 bits per heavy atom. The number of hydrogen-bond acceptors (Lipinski definition) is 1. The van der Waals surface area contributed by atoms with E-state index in [2.05, 4.69) is 6.92 Å². The van der Waals surface area contributed by atoms with Crippen LogP contribution in [0.2, 0.25) is 0 Å². The summed E-state index contributed by atoms with van der Waals surface area (Å²) in [5.41, 5.74) is 0. The van der Waals surface area contributed by atoms with Crippen LogP contribution in [0, 0.1) is 6.92 Å². The topological polar surface area (TPSA) is 9.23 Å². The summed E-state index contributed by atoms with van der Waals surface area (Å²) in [6, 6.07) is 0. The predicted octanol–water partition coefficient (Wildman–Crippen LogP) is 1.88. The normalized spacial score (nSPS) is 7.71. The molecule has 0 aromatic heterocycles. The smallest absolute Gasteiger partial charge is 0.0515 e. The molecule has 0 atom stereocenters. The molecular formula is C6H15O. The molecule has 0 N–H and O–H groups in total. The van der Waals surface area contributed by atoms with Crippen LogP contribution in [-0.4, -0.2) is 13.2 Å². The number of methoxy groups -OCH3 is 1. The molecule has 0 spiro atoms. The van der Waals surface area contributed by atoms with Crippen LogP contribution in [-0.2, 0) is 4.74 Å². The maximum atomic E-state index is 4.75. The molecule has 0 unspecified atom stereocenters. The molecule has 1 radical (unpaired) electrons. The van der Waals surface area contributed by atoms with Gasteiger partial charge in [0.1, 0.15) is 0 Å². The molecule has 0 aromatic rings. The van der Waals surface area contributed by atoms with Gasteiger partial charge in [-0.25, -0.2) is 0 Å². The van der Waals surface area contributed by atoms with Gasteiger partial charge in [-0.15, -0.1) is 0 Å². The molecule has 1 heteroatoms. The van der Waals surface area contributed by atoms with Crippen molar-refractivity contribution < 1.29 is 4.74 Å². The van der Waals surface area contributed by atoms with E-state index >= 15 is 0 Å². The highest BCUT2D eigenvalue weighted by molar-refractivity contribution is 4.27. The Morgan fingerprint density at radius 3 is 1.43 bits per heavy atom. The average molecular weight is 103 g/mol. The SMILES string of the molecule is COC(C)C.[CH2]C. The van der Waals surface area contributed by atoms with Gasteiger partial charge in [-0.1, -0.05) is 13.8 Å². The number of hydrogen-bond donors (Lipinski definition) is 0. The Morgan fingerprint density at radius 2 is 1.43 bits per heavy atom. The molecule has 45 valence electrons. The van der Waals surface area contributed by atoms with Crippen molar-refractivity contribution in [3.63, 3.8) is 0 Å². The molecule has 0 aliphatic heterocycles. The van der Waals surface area contributed by atoms with E-state index < -0.39 is 0 Å². The second-order valence-corrected chi connectivity index (χ2v) is 1.28. The van der Waals surface area contributed by atoms with Gasteiger partial charge in [0, 0.05) is 7.11 Å². The van der Waals surface area contributed by atoms with E-state index in [0.717, 1.165) is 0 Å². The second-order valence-electron chi connectivity index (χ2n) is 1.28. The Labute approximate surface area is 46.7 Å². The van der Waals surface area contributed by atoms with Crippen molar-refractivity contribution in [3.05, 3.63) is 6.92 Å². The molecule has 0 saturated carbocycles. The quantitative estimate of drug-likeness (QED) is 0.492. The Bertz CT molecular complexity index is 18.1. The van der Waals surface area contributed by atoms with Crippen molar-refractivity contribution in [2.45, 2.75) is 26.9 Å². The summed E-state index contributed by atoms with van der Waals surface area (Å²) in [5.74, 6) is 0. The van der Waals surface area contributed by atoms with Crippen molar-refractivity contribution in [1.82, 2.24) is 0 Å². The Kier molecular flexibility index (Phi) is 13.4. The zero-order chi connectivity index (χ0) is 6.28. The lowest BCUT2D eigenvalue weighted by Crippen LogP contribution is -1.94. The van der Waals surface area contributed by atoms with Gasteiger partial charge in [-0.2, -0.15) is 0 Å². The van der Waals surface area contributed by atoms with Crippen LogP contribution in [0.5, 0.6) is 0 Å². The minimum atomic E-state index is 0.384. The summed E-state index contributed by atoms with van der Waals surface area (Å²) >= 11 is 0. The fourth-order valence-electron chi connectivity index (χ4n) is 0. The average Bonchev–Trinajstić information content (AvgIpc) is 1.73. The number of ether oxygens (including phenoxy) is 1. The van der Waals surface area contributed by atoms with Crippen LogP contribution < -0.4 is 0 Å². The summed E-state index contributed by atoms with van der Waals surface area (Å²) < 4.78 is 4.75. The molecule has 0 aliphatic carbocycles. The van der Waals surface area contributed by atoms with Crippen molar-refractivity contribution in [2.24, 2.45) is 0 Å². The summed E-state index contributed by atoms with van der Waals surface area (Å²) in [6.45, 7) is 9.00. The molecule has 1 nitrogen and oxygen atoms in total. The molecule has 0 aliphatic rings. The molecule has 0 amide bonds. The van der Waals surface area contributed by atoms with Gasteiger partial charge in [0.15, 0.2) is 0 Å². The Balaban J connectivity index is 0. The fourth-order valence-corrected chi connectivity index (χ4v) is 0. The van der Waals surface area contributed by atoms with Crippen LogP contribution >= 0.6 is 0 Å². The van der Waals surface area contributed by atoms with Gasteiger partial charge < -0.3 is 4.74 Å². The molecule has 0 aromatic carbocycles. The third kappa shape index (κ3) is 24.3. The third-order valence-electron chi connectivity index (χ3n) is 0.471. The first-order valence-electron chi connectivity index (χ1n) is 2.51. The summed E-state index contributed by atoms with van der Waals surface area (Å²) in [5, 5.41) is 0. The molecule has 0 saturated heterocycles. The molecular weight excluding hydrogens is 88.1 g/mol. The van der Waals surface area contributed by atoms with Crippen LogP contribution in [0.3, 0.4) is 0 Å². The van der Waals surface area contributed by atoms with Gasteiger partial charge in [0.25, 0.3) is 0 Å². The summed E-state index contributed by atoms with van der Waals surface area (Å²) in [7, 11) is 1.70. The highest BCUT2D eigenvalue weighted by Gasteiger charge is 1.78. The lowest BCUT2D eigenvalue weighted by Gasteiger charge is -1.94. The lowest BCUT2D eigenvalue weighted by molar-refractivity contribution is 0.134. The predicted molar refractivity (Wildman–Crippen MR) is 33.2 cm³/mol. The van der Waals surface area contributed by atoms with E-state index in [1.54, 1.807) is 14.0 Å². The highest BCUT2D eigenvalue weighted by atomic mass is 16.5. The maximum Gasteiger partial charge on any atom is 0.0515 e. The van der Waals surface area contributed by atoms with E-state index in [1.807, 2.05) is 13.8 Å². The van der Waals surface area contributed by atoms with Crippen molar-refractivity contribution >= 4 is 0 Å². The van der Waals surface area contributed by atoms with Crippen LogP contribution in [0.1, 0.15) is 20.8 Å². The fraction of sp³-hybridized carbons (Fsp3) is 0.833. The molecule has 0 fully saturated rings. The lowest BCUT2D eigenvalue weighted by atomic mass is 10.5. The largest absolute Gasteiger partial charge is 0.382 e. The number of rotatable bonds is 1. The van der Waals surface area contributed by atoms with E-state index in [0.29, 0.717) is 6.10 Å². The van der Waals surface area contributed by atoms with E-state index in [9.17, 15) is 0 Å². The van der Waals surface area contributed by atoms with Gasteiger partial charge >= 0.3 is 0 Å². The third-order valence-corrected chi connectivity index (χ3v) is 0.471. The second kappa shape index (κ2) is 9.35. The minimum Gasteiger partial charge on any atom is -0.382 e. The molecule has 0 rings (SSSR count). The molecule has 0 heterocycles. The maximum absolute atomic E-state index is 4.75. The monoisotopic (exact) mass is 103 g/mol. The van der Waals surface area contributed by atoms with Crippen molar-refractivity contribution in [2.75, 3.05) is 7.11 Å². The Hall–Kier alpha value is -0.0400. The van der Waals surface area contributed by atoms with Crippen molar-refractivity contribution in [1.29, 1.82) is 0 Å². The van der Waals surface area contributed by atoms with Crippen LogP contribution in [0.15, 0.2) is 0 Å². The van der Waals surface area contributed by atoms with E-state index in [-0.39, 0.29) is 0 Å². The standard InChI is InChI=1S/C4H10O.C2H5/c1-4(2)5-3;1-2/h4H,1-3H3;1H2,2H3. The van der Waals surface area contributed by atoms with Gasteiger partial charge in [0.2, 0.25) is 0 Å². The summed E-state index contributed by atoms with van der Waals surface area (Å²) in [6.07, 6.45) is 0.384. The van der Waals surface area contributed by atoms with Gasteiger partial charge in [-0.3, -0.25) is 0 Å². The van der Waals surface area contributed by atoms with Crippen molar-refractivity contribution in [3.8, 4) is 0 Å². The minimum absolute atomic E-state index is 0.384. The first-order chi connectivity index (χ1) is 3.27. The molecule has 0 bridgehead atoms. The van der Waals surface area contributed by atoms with Gasteiger partial charge in [0.05, 0.1) is 6.10 Å². The van der Waals surface area contributed by atoms with Crippen LogP contribution in [0.25, 0.3) is 0 Å². The van der Waals surface area contributed by atoms with E-state index in [4.69, 9.17) is 4.74 Å². The first kappa shape index (κ1) is 10.0.